The Labute approximate surface area is 113 Å². The van der Waals surface area contributed by atoms with Gasteiger partial charge in [-0.05, 0) is 18.6 Å². The van der Waals surface area contributed by atoms with E-state index in [4.69, 9.17) is 9.47 Å². The zero-order valence-electron chi connectivity index (χ0n) is 10.0. The molecule has 0 aromatic heterocycles. The van der Waals surface area contributed by atoms with Gasteiger partial charge in [-0.15, -0.1) is 0 Å². The van der Waals surface area contributed by atoms with Gasteiger partial charge in [0.2, 0.25) is 0 Å². The molecule has 5 heteroatoms. The maximum Gasteiger partial charge on any atom is 0.167 e. The highest BCUT2D eigenvalue weighted by Gasteiger charge is 2.42. The van der Waals surface area contributed by atoms with Crippen LogP contribution in [0, 0.1) is 11.6 Å². The fraction of sp³-hybridized carbons (Fsp3) is 0.538. The van der Waals surface area contributed by atoms with Crippen molar-refractivity contribution in [3.63, 3.8) is 0 Å². The molecular weight excluding hydrogens is 306 g/mol. The Kier molecular flexibility index (Phi) is 4.56. The standard InChI is InChI=1S/C13H15BrF2O2/c1-2-5-17-13-9(14)7-12(13)18-11-4-3-8(15)6-10(11)16/h3-4,6,9,12-13H,2,5,7H2,1H3. The molecule has 0 saturated heterocycles. The van der Waals surface area contributed by atoms with Gasteiger partial charge >= 0.3 is 0 Å². The number of ether oxygens (including phenoxy) is 2. The van der Waals surface area contributed by atoms with Crippen LogP contribution < -0.4 is 4.74 Å². The number of hydrogen-bond acceptors (Lipinski definition) is 2. The lowest BCUT2D eigenvalue weighted by Crippen LogP contribution is -2.52. The Hall–Kier alpha value is -0.680. The van der Waals surface area contributed by atoms with E-state index in [-0.39, 0.29) is 22.8 Å². The van der Waals surface area contributed by atoms with E-state index in [1.807, 2.05) is 6.92 Å². The normalized spacial score (nSPS) is 26.8. The Morgan fingerprint density at radius 2 is 2.17 bits per heavy atom. The quantitative estimate of drug-likeness (QED) is 0.771. The van der Waals surface area contributed by atoms with Crippen molar-refractivity contribution < 1.29 is 18.3 Å². The van der Waals surface area contributed by atoms with Gasteiger partial charge in [0.05, 0.1) is 0 Å². The van der Waals surface area contributed by atoms with Crippen molar-refractivity contribution in [1.82, 2.24) is 0 Å². The maximum atomic E-state index is 13.4. The molecule has 1 saturated carbocycles. The van der Waals surface area contributed by atoms with Crippen molar-refractivity contribution >= 4 is 15.9 Å². The molecule has 0 amide bonds. The number of alkyl halides is 1. The van der Waals surface area contributed by atoms with E-state index in [9.17, 15) is 8.78 Å². The molecule has 1 aromatic rings. The Morgan fingerprint density at radius 3 is 2.78 bits per heavy atom. The molecule has 0 bridgehead atoms. The van der Waals surface area contributed by atoms with Crippen LogP contribution in [0.4, 0.5) is 8.78 Å². The fourth-order valence-electron chi connectivity index (χ4n) is 1.84. The molecule has 1 aliphatic carbocycles. The number of hydrogen-bond donors (Lipinski definition) is 0. The van der Waals surface area contributed by atoms with Crippen LogP contribution in [0.1, 0.15) is 19.8 Å². The zero-order chi connectivity index (χ0) is 13.1. The maximum absolute atomic E-state index is 13.4. The molecule has 3 unspecified atom stereocenters. The second-order valence-electron chi connectivity index (χ2n) is 4.32. The van der Waals surface area contributed by atoms with Crippen LogP contribution >= 0.6 is 15.9 Å². The highest BCUT2D eigenvalue weighted by molar-refractivity contribution is 9.09. The highest BCUT2D eigenvalue weighted by Crippen LogP contribution is 2.35. The average Bonchev–Trinajstić information content (AvgIpc) is 2.32. The molecule has 2 nitrogen and oxygen atoms in total. The van der Waals surface area contributed by atoms with Gasteiger partial charge in [-0.3, -0.25) is 0 Å². The highest BCUT2D eigenvalue weighted by atomic mass is 79.9. The molecule has 1 aliphatic rings. The van der Waals surface area contributed by atoms with Gasteiger partial charge in [0.15, 0.2) is 11.6 Å². The Balaban J connectivity index is 1.96. The van der Waals surface area contributed by atoms with E-state index >= 15 is 0 Å². The minimum Gasteiger partial charge on any atom is -0.485 e. The summed E-state index contributed by atoms with van der Waals surface area (Å²) in [5.41, 5.74) is 0. The monoisotopic (exact) mass is 320 g/mol. The van der Waals surface area contributed by atoms with Crippen molar-refractivity contribution in [1.29, 1.82) is 0 Å². The Morgan fingerprint density at radius 1 is 1.39 bits per heavy atom. The minimum atomic E-state index is -0.678. The van der Waals surface area contributed by atoms with Gasteiger partial charge in [0, 0.05) is 23.9 Å². The second kappa shape index (κ2) is 5.97. The zero-order valence-corrected chi connectivity index (χ0v) is 11.6. The molecular formula is C13H15BrF2O2. The molecule has 1 aromatic carbocycles. The van der Waals surface area contributed by atoms with Crippen LogP contribution in [-0.2, 0) is 4.74 Å². The molecule has 0 aliphatic heterocycles. The van der Waals surface area contributed by atoms with E-state index in [1.54, 1.807) is 0 Å². The van der Waals surface area contributed by atoms with Crippen LogP contribution in [0.5, 0.6) is 5.75 Å². The SMILES string of the molecule is CCCOC1C(Br)CC1Oc1ccc(F)cc1F. The van der Waals surface area contributed by atoms with Crippen molar-refractivity contribution in [3.8, 4) is 5.75 Å². The van der Waals surface area contributed by atoms with Gasteiger partial charge in [-0.1, -0.05) is 22.9 Å². The topological polar surface area (TPSA) is 18.5 Å². The van der Waals surface area contributed by atoms with Gasteiger partial charge in [-0.2, -0.15) is 0 Å². The van der Waals surface area contributed by atoms with E-state index in [0.717, 1.165) is 18.9 Å². The van der Waals surface area contributed by atoms with Crippen molar-refractivity contribution in [3.05, 3.63) is 29.8 Å². The second-order valence-corrected chi connectivity index (χ2v) is 5.49. The minimum absolute atomic E-state index is 0.0746. The first-order valence-corrected chi connectivity index (χ1v) is 6.90. The van der Waals surface area contributed by atoms with Crippen molar-refractivity contribution in [2.24, 2.45) is 0 Å². The molecule has 1 fully saturated rings. The van der Waals surface area contributed by atoms with E-state index in [1.165, 1.54) is 12.1 Å². The molecule has 3 atom stereocenters. The third-order valence-corrected chi connectivity index (χ3v) is 3.76. The molecule has 0 spiro atoms. The first kappa shape index (κ1) is 13.7. The van der Waals surface area contributed by atoms with Crippen molar-refractivity contribution in [2.45, 2.75) is 36.8 Å². The Bertz CT molecular complexity index is 414. The van der Waals surface area contributed by atoms with Crippen LogP contribution in [-0.4, -0.2) is 23.6 Å². The fourth-order valence-corrected chi connectivity index (χ4v) is 2.70. The largest absolute Gasteiger partial charge is 0.485 e. The van der Waals surface area contributed by atoms with Gasteiger partial charge in [-0.25, -0.2) is 8.78 Å². The van der Waals surface area contributed by atoms with Gasteiger partial charge < -0.3 is 9.47 Å². The average molecular weight is 321 g/mol. The van der Waals surface area contributed by atoms with Crippen LogP contribution in [0.2, 0.25) is 0 Å². The summed E-state index contributed by atoms with van der Waals surface area (Å²) in [5, 5.41) is 0. The lowest BCUT2D eigenvalue weighted by Gasteiger charge is -2.40. The summed E-state index contributed by atoms with van der Waals surface area (Å²) in [6.45, 7) is 2.68. The van der Waals surface area contributed by atoms with Gasteiger partial charge in [0.1, 0.15) is 18.0 Å². The molecule has 0 radical (unpaired) electrons. The van der Waals surface area contributed by atoms with Gasteiger partial charge in [0.25, 0.3) is 0 Å². The predicted molar refractivity (Wildman–Crippen MR) is 68.1 cm³/mol. The lowest BCUT2D eigenvalue weighted by molar-refractivity contribution is -0.0772. The molecule has 0 N–H and O–H groups in total. The first-order chi connectivity index (χ1) is 8.61. The van der Waals surface area contributed by atoms with E-state index in [2.05, 4.69) is 15.9 Å². The predicted octanol–water partition coefficient (Wildman–Crippen LogP) is 3.67. The third-order valence-electron chi connectivity index (χ3n) is 2.87. The lowest BCUT2D eigenvalue weighted by atomic mass is 9.91. The van der Waals surface area contributed by atoms with Crippen LogP contribution in [0.3, 0.4) is 0 Å². The number of benzene rings is 1. The molecule has 18 heavy (non-hydrogen) atoms. The number of rotatable bonds is 5. The summed E-state index contributed by atoms with van der Waals surface area (Å²) in [6, 6.07) is 3.31. The summed E-state index contributed by atoms with van der Waals surface area (Å²) in [4.78, 5) is 0.234. The summed E-state index contributed by atoms with van der Waals surface area (Å²) in [7, 11) is 0. The summed E-state index contributed by atoms with van der Waals surface area (Å²) < 4.78 is 37.3. The van der Waals surface area contributed by atoms with E-state index < -0.39 is 11.6 Å². The summed E-state index contributed by atoms with van der Waals surface area (Å²) in [6.07, 6.45) is 1.43. The van der Waals surface area contributed by atoms with Crippen molar-refractivity contribution in [2.75, 3.05) is 6.61 Å². The molecule has 2 rings (SSSR count). The number of halogens is 3. The smallest absolute Gasteiger partial charge is 0.167 e. The summed E-state index contributed by atoms with van der Waals surface area (Å²) >= 11 is 3.48. The van der Waals surface area contributed by atoms with E-state index in [0.29, 0.717) is 6.61 Å². The molecule has 100 valence electrons. The molecule has 0 heterocycles. The van der Waals surface area contributed by atoms with Crippen LogP contribution in [0.15, 0.2) is 18.2 Å². The van der Waals surface area contributed by atoms with Crippen LogP contribution in [0.25, 0.3) is 0 Å². The summed E-state index contributed by atoms with van der Waals surface area (Å²) in [5.74, 6) is -1.21. The first-order valence-electron chi connectivity index (χ1n) is 5.99. The third kappa shape index (κ3) is 3.01.